The highest BCUT2D eigenvalue weighted by Crippen LogP contribution is 2.39. The van der Waals surface area contributed by atoms with Crippen molar-refractivity contribution >= 4 is 0 Å². The van der Waals surface area contributed by atoms with E-state index in [4.69, 9.17) is 0 Å². The number of hydrogen-bond donors (Lipinski definition) is 0. The van der Waals surface area contributed by atoms with Gasteiger partial charge in [0.2, 0.25) is 0 Å². The van der Waals surface area contributed by atoms with Crippen LogP contribution in [0.4, 0.5) is 0 Å². The van der Waals surface area contributed by atoms with Crippen molar-refractivity contribution in [1.82, 2.24) is 4.90 Å². The first kappa shape index (κ1) is 11.8. The highest BCUT2D eigenvalue weighted by atomic mass is 15.2. The van der Waals surface area contributed by atoms with E-state index in [1.165, 1.54) is 37.9 Å². The lowest BCUT2D eigenvalue weighted by atomic mass is 9.72. The van der Waals surface area contributed by atoms with Gasteiger partial charge in [-0.15, -0.1) is 6.58 Å². The van der Waals surface area contributed by atoms with Gasteiger partial charge >= 0.3 is 0 Å². The van der Waals surface area contributed by atoms with E-state index >= 15 is 0 Å². The molecule has 0 bridgehead atoms. The molecule has 0 saturated carbocycles. The Bertz CT molecular complexity index is 199. The van der Waals surface area contributed by atoms with Crippen LogP contribution in [0.2, 0.25) is 0 Å². The number of rotatable bonds is 5. The summed E-state index contributed by atoms with van der Waals surface area (Å²) >= 11 is 0. The Hall–Kier alpha value is -0.300. The number of hydrogen-bond acceptors (Lipinski definition) is 1. The molecule has 0 radical (unpaired) electrons. The monoisotopic (exact) mass is 195 g/mol. The van der Waals surface area contributed by atoms with E-state index < -0.39 is 0 Å². The largest absolute Gasteiger partial charge is 0.300 e. The van der Waals surface area contributed by atoms with Crippen LogP contribution in [-0.4, -0.2) is 24.0 Å². The van der Waals surface area contributed by atoms with Gasteiger partial charge in [0.05, 0.1) is 0 Å². The van der Waals surface area contributed by atoms with E-state index in [0.717, 1.165) is 6.04 Å². The molecule has 1 rings (SSSR count). The van der Waals surface area contributed by atoms with Gasteiger partial charge in [0, 0.05) is 19.1 Å². The molecule has 0 aromatic rings. The quantitative estimate of drug-likeness (QED) is 0.607. The fraction of sp³-hybridized carbons (Fsp3) is 0.846. The van der Waals surface area contributed by atoms with Gasteiger partial charge in [-0.05, 0) is 45.4 Å². The van der Waals surface area contributed by atoms with E-state index in [-0.39, 0.29) is 0 Å². The van der Waals surface area contributed by atoms with Gasteiger partial charge < -0.3 is 0 Å². The molecule has 14 heavy (non-hydrogen) atoms. The Balaban J connectivity index is 2.37. The summed E-state index contributed by atoms with van der Waals surface area (Å²) in [6.45, 7) is 15.6. The SMILES string of the molecule is C=C(C)CCC1(CC)CN(C(C)C)C1. The smallest absolute Gasteiger partial charge is 0.00532 e. The molecule has 1 heteroatoms. The molecule has 1 heterocycles. The van der Waals surface area contributed by atoms with Crippen LogP contribution in [0.3, 0.4) is 0 Å². The van der Waals surface area contributed by atoms with Crippen molar-refractivity contribution in [1.29, 1.82) is 0 Å². The molecule has 0 amide bonds. The first-order valence-corrected chi connectivity index (χ1v) is 5.87. The molecule has 1 aliphatic heterocycles. The summed E-state index contributed by atoms with van der Waals surface area (Å²) in [6, 6.07) is 0.722. The third-order valence-corrected chi connectivity index (χ3v) is 3.64. The summed E-state index contributed by atoms with van der Waals surface area (Å²) < 4.78 is 0. The Morgan fingerprint density at radius 3 is 2.36 bits per heavy atom. The minimum absolute atomic E-state index is 0.614. The van der Waals surface area contributed by atoms with Gasteiger partial charge in [-0.25, -0.2) is 0 Å². The zero-order valence-electron chi connectivity index (χ0n) is 10.3. The Morgan fingerprint density at radius 2 is 2.00 bits per heavy atom. The van der Waals surface area contributed by atoms with Crippen LogP contribution in [0.15, 0.2) is 12.2 Å². The molecule has 0 spiro atoms. The molecule has 0 aromatic carbocycles. The summed E-state index contributed by atoms with van der Waals surface area (Å²) in [5, 5.41) is 0. The predicted octanol–water partition coefficient (Wildman–Crippen LogP) is 3.46. The number of allylic oxidation sites excluding steroid dienone is 1. The van der Waals surface area contributed by atoms with Gasteiger partial charge in [-0.3, -0.25) is 4.90 Å². The normalized spacial score (nSPS) is 20.9. The van der Waals surface area contributed by atoms with E-state index in [9.17, 15) is 0 Å². The third kappa shape index (κ3) is 2.60. The number of likely N-dealkylation sites (tertiary alicyclic amines) is 1. The third-order valence-electron chi connectivity index (χ3n) is 3.64. The topological polar surface area (TPSA) is 3.24 Å². The van der Waals surface area contributed by atoms with Gasteiger partial charge in [0.15, 0.2) is 0 Å². The highest BCUT2D eigenvalue weighted by Gasteiger charge is 2.41. The van der Waals surface area contributed by atoms with Crippen molar-refractivity contribution < 1.29 is 0 Å². The van der Waals surface area contributed by atoms with Gasteiger partial charge in [0.1, 0.15) is 0 Å². The van der Waals surface area contributed by atoms with Gasteiger partial charge in [-0.2, -0.15) is 0 Å². The van der Waals surface area contributed by atoms with Crippen molar-refractivity contribution in [2.75, 3.05) is 13.1 Å². The van der Waals surface area contributed by atoms with Crippen LogP contribution < -0.4 is 0 Å². The van der Waals surface area contributed by atoms with E-state index in [1.54, 1.807) is 0 Å². The van der Waals surface area contributed by atoms with E-state index in [1.807, 2.05) is 0 Å². The average Bonchev–Trinajstić information content (AvgIpc) is 2.02. The van der Waals surface area contributed by atoms with Crippen LogP contribution >= 0.6 is 0 Å². The van der Waals surface area contributed by atoms with E-state index in [0.29, 0.717) is 5.41 Å². The molecule has 1 fully saturated rings. The van der Waals surface area contributed by atoms with Crippen molar-refractivity contribution in [2.45, 2.75) is 53.0 Å². The summed E-state index contributed by atoms with van der Waals surface area (Å²) in [7, 11) is 0. The first-order valence-electron chi connectivity index (χ1n) is 5.87. The second kappa shape index (κ2) is 4.48. The zero-order chi connectivity index (χ0) is 10.8. The molecule has 0 unspecified atom stereocenters. The lowest BCUT2D eigenvalue weighted by molar-refractivity contribution is -0.0303. The second-order valence-electron chi connectivity index (χ2n) is 5.31. The first-order chi connectivity index (χ1) is 6.49. The van der Waals surface area contributed by atoms with Crippen LogP contribution in [0.25, 0.3) is 0 Å². The predicted molar refractivity (Wildman–Crippen MR) is 63.5 cm³/mol. The molecule has 1 nitrogen and oxygen atoms in total. The van der Waals surface area contributed by atoms with Crippen LogP contribution in [-0.2, 0) is 0 Å². The maximum Gasteiger partial charge on any atom is 0.00532 e. The average molecular weight is 195 g/mol. The standard InChI is InChI=1S/C13H25N/c1-6-13(8-7-11(2)3)9-14(10-13)12(4)5/h12H,2,6-10H2,1,3-5H3. The molecule has 0 atom stereocenters. The molecule has 0 N–H and O–H groups in total. The molecule has 0 aromatic heterocycles. The van der Waals surface area contributed by atoms with Crippen molar-refractivity contribution in [3.8, 4) is 0 Å². The molecule has 82 valence electrons. The summed E-state index contributed by atoms with van der Waals surface area (Å²) in [5.41, 5.74) is 1.95. The van der Waals surface area contributed by atoms with Crippen molar-refractivity contribution in [2.24, 2.45) is 5.41 Å². The molecule has 1 saturated heterocycles. The van der Waals surface area contributed by atoms with Crippen LogP contribution in [0.5, 0.6) is 0 Å². The van der Waals surface area contributed by atoms with E-state index in [2.05, 4.69) is 39.2 Å². The van der Waals surface area contributed by atoms with Crippen LogP contribution in [0.1, 0.15) is 47.0 Å². The highest BCUT2D eigenvalue weighted by molar-refractivity contribution is 4.99. The maximum atomic E-state index is 3.99. The van der Waals surface area contributed by atoms with Gasteiger partial charge in [-0.1, -0.05) is 12.5 Å². The lowest BCUT2D eigenvalue weighted by Gasteiger charge is -2.52. The minimum Gasteiger partial charge on any atom is -0.300 e. The second-order valence-corrected chi connectivity index (χ2v) is 5.31. The van der Waals surface area contributed by atoms with Crippen molar-refractivity contribution in [3.63, 3.8) is 0 Å². The minimum atomic E-state index is 0.614. The molecule has 0 aliphatic carbocycles. The zero-order valence-corrected chi connectivity index (χ0v) is 10.3. The fourth-order valence-corrected chi connectivity index (χ4v) is 2.22. The summed E-state index contributed by atoms with van der Waals surface area (Å²) in [4.78, 5) is 2.57. The summed E-state index contributed by atoms with van der Waals surface area (Å²) in [5.74, 6) is 0. The van der Waals surface area contributed by atoms with Crippen LogP contribution in [0, 0.1) is 5.41 Å². The number of nitrogens with zero attached hydrogens (tertiary/aromatic N) is 1. The Labute approximate surface area is 89.2 Å². The maximum absolute atomic E-state index is 3.99. The lowest BCUT2D eigenvalue weighted by Crippen LogP contribution is -2.58. The van der Waals surface area contributed by atoms with Crippen molar-refractivity contribution in [3.05, 3.63) is 12.2 Å². The van der Waals surface area contributed by atoms with Gasteiger partial charge in [0.25, 0.3) is 0 Å². The summed E-state index contributed by atoms with van der Waals surface area (Å²) in [6.07, 6.45) is 3.87. The molecular weight excluding hydrogens is 170 g/mol. The molecular formula is C13H25N. The fourth-order valence-electron chi connectivity index (χ4n) is 2.22. The Morgan fingerprint density at radius 1 is 1.43 bits per heavy atom. The Kier molecular flexibility index (Phi) is 3.77. The molecule has 1 aliphatic rings.